The van der Waals surface area contributed by atoms with Crippen molar-refractivity contribution in [2.75, 3.05) is 42.8 Å². The molecule has 0 amide bonds. The monoisotopic (exact) mass is 253 g/mol. The van der Waals surface area contributed by atoms with Crippen molar-refractivity contribution in [1.82, 2.24) is 9.97 Å². The molecule has 0 radical (unpaired) electrons. The Labute approximate surface area is 109 Å². The van der Waals surface area contributed by atoms with Crippen LogP contribution in [0.2, 0.25) is 0 Å². The first-order valence-corrected chi connectivity index (χ1v) is 6.24. The zero-order chi connectivity index (χ0) is 13.5. The normalized spacial score (nSPS) is 12.2. The maximum absolute atomic E-state index is 6.11. The van der Waals surface area contributed by atoms with Gasteiger partial charge in [-0.05, 0) is 20.8 Å². The second-order valence-electron chi connectivity index (χ2n) is 4.13. The molecule has 0 aliphatic carbocycles. The molecule has 6 nitrogen and oxygen atoms in total. The van der Waals surface area contributed by atoms with Gasteiger partial charge in [-0.15, -0.1) is 0 Å². The molecule has 1 rings (SSSR count). The highest BCUT2D eigenvalue weighted by molar-refractivity contribution is 5.75. The summed E-state index contributed by atoms with van der Waals surface area (Å²) < 4.78 is 5.08. The highest BCUT2D eigenvalue weighted by Crippen LogP contribution is 2.26. The number of nitrogen functional groups attached to an aromatic ring is 1. The standard InChI is InChI=1S/C12H23N5O/c1-5-17(6-2)12-10(13)11(14-8-15-12)16-9(3)7-18-4/h8-9H,5-7,13H2,1-4H3,(H,14,15,16). The van der Waals surface area contributed by atoms with Crippen LogP contribution >= 0.6 is 0 Å². The molecule has 1 aromatic heterocycles. The number of anilines is 3. The Morgan fingerprint density at radius 2 is 2.06 bits per heavy atom. The van der Waals surface area contributed by atoms with Gasteiger partial charge in [0.05, 0.1) is 6.61 Å². The SMILES string of the molecule is CCN(CC)c1ncnc(NC(C)COC)c1N. The minimum Gasteiger partial charge on any atom is -0.393 e. The first-order chi connectivity index (χ1) is 8.63. The third-order valence-electron chi connectivity index (χ3n) is 2.73. The van der Waals surface area contributed by atoms with Gasteiger partial charge in [-0.25, -0.2) is 9.97 Å². The minimum atomic E-state index is 0.150. The summed E-state index contributed by atoms with van der Waals surface area (Å²) in [6.45, 7) is 8.50. The maximum atomic E-state index is 6.11. The zero-order valence-corrected chi connectivity index (χ0v) is 11.6. The lowest BCUT2D eigenvalue weighted by molar-refractivity contribution is 0.190. The van der Waals surface area contributed by atoms with E-state index >= 15 is 0 Å². The number of nitrogens with one attached hydrogen (secondary N) is 1. The van der Waals surface area contributed by atoms with Crippen molar-refractivity contribution < 1.29 is 4.74 Å². The van der Waals surface area contributed by atoms with Crippen LogP contribution in [-0.4, -0.2) is 42.8 Å². The second kappa shape index (κ2) is 7.00. The fraction of sp³-hybridized carbons (Fsp3) is 0.667. The lowest BCUT2D eigenvalue weighted by Gasteiger charge is -2.23. The number of methoxy groups -OCH3 is 1. The molecule has 0 aromatic carbocycles. The average Bonchev–Trinajstić information content (AvgIpc) is 2.35. The Morgan fingerprint density at radius 3 is 2.61 bits per heavy atom. The van der Waals surface area contributed by atoms with Crippen LogP contribution < -0.4 is 16.0 Å². The first kappa shape index (κ1) is 14.5. The van der Waals surface area contributed by atoms with Crippen LogP contribution in [0.3, 0.4) is 0 Å². The van der Waals surface area contributed by atoms with E-state index in [9.17, 15) is 0 Å². The summed E-state index contributed by atoms with van der Waals surface area (Å²) in [6, 6.07) is 0.150. The number of nitrogens with zero attached hydrogens (tertiary/aromatic N) is 3. The van der Waals surface area contributed by atoms with Crippen LogP contribution in [0.25, 0.3) is 0 Å². The largest absolute Gasteiger partial charge is 0.393 e. The first-order valence-electron chi connectivity index (χ1n) is 6.24. The summed E-state index contributed by atoms with van der Waals surface area (Å²) in [7, 11) is 1.67. The minimum absolute atomic E-state index is 0.150. The number of hydrogen-bond acceptors (Lipinski definition) is 6. The highest BCUT2D eigenvalue weighted by atomic mass is 16.5. The van der Waals surface area contributed by atoms with Crippen molar-refractivity contribution in [1.29, 1.82) is 0 Å². The third kappa shape index (κ3) is 3.46. The van der Waals surface area contributed by atoms with Gasteiger partial charge in [-0.3, -0.25) is 0 Å². The quantitative estimate of drug-likeness (QED) is 0.764. The van der Waals surface area contributed by atoms with E-state index in [1.54, 1.807) is 7.11 Å². The summed E-state index contributed by atoms with van der Waals surface area (Å²) in [4.78, 5) is 10.5. The van der Waals surface area contributed by atoms with Gasteiger partial charge in [-0.2, -0.15) is 0 Å². The maximum Gasteiger partial charge on any atom is 0.157 e. The molecule has 0 aliphatic heterocycles. The number of rotatable bonds is 7. The molecule has 0 spiro atoms. The zero-order valence-electron chi connectivity index (χ0n) is 11.6. The van der Waals surface area contributed by atoms with Crippen molar-refractivity contribution in [3.8, 4) is 0 Å². The van der Waals surface area contributed by atoms with Crippen LogP contribution in [0.15, 0.2) is 6.33 Å². The topological polar surface area (TPSA) is 76.3 Å². The fourth-order valence-electron chi connectivity index (χ4n) is 1.80. The molecule has 1 aromatic rings. The Hall–Kier alpha value is -1.56. The number of nitrogens with two attached hydrogens (primary N) is 1. The summed E-state index contributed by atoms with van der Waals surface area (Å²) in [6.07, 6.45) is 1.53. The molecule has 0 saturated heterocycles. The Balaban J connectivity index is 2.90. The smallest absolute Gasteiger partial charge is 0.157 e. The predicted octanol–water partition coefficient (Wildman–Crippen LogP) is 1.35. The number of ether oxygens (including phenoxy) is 1. The van der Waals surface area contributed by atoms with Crippen molar-refractivity contribution >= 4 is 17.3 Å². The lowest BCUT2D eigenvalue weighted by Crippen LogP contribution is -2.26. The molecule has 1 atom stereocenters. The van der Waals surface area contributed by atoms with E-state index in [-0.39, 0.29) is 6.04 Å². The molecule has 18 heavy (non-hydrogen) atoms. The van der Waals surface area contributed by atoms with E-state index in [0.717, 1.165) is 18.9 Å². The van der Waals surface area contributed by atoms with Crippen molar-refractivity contribution in [2.24, 2.45) is 0 Å². The van der Waals surface area contributed by atoms with Crippen LogP contribution in [0.1, 0.15) is 20.8 Å². The van der Waals surface area contributed by atoms with E-state index in [2.05, 4.69) is 34.0 Å². The molecule has 0 fully saturated rings. The second-order valence-corrected chi connectivity index (χ2v) is 4.13. The molecule has 6 heteroatoms. The number of hydrogen-bond donors (Lipinski definition) is 2. The molecular formula is C12H23N5O. The molecule has 0 aliphatic rings. The third-order valence-corrected chi connectivity index (χ3v) is 2.73. The van der Waals surface area contributed by atoms with Crippen LogP contribution in [0.4, 0.5) is 17.3 Å². The predicted molar refractivity (Wildman–Crippen MR) is 75.0 cm³/mol. The van der Waals surface area contributed by atoms with Crippen LogP contribution in [-0.2, 0) is 4.74 Å². The molecule has 3 N–H and O–H groups in total. The molecule has 102 valence electrons. The van der Waals surface area contributed by atoms with Gasteiger partial charge >= 0.3 is 0 Å². The molecule has 0 saturated carbocycles. The van der Waals surface area contributed by atoms with Gasteiger partial charge in [-0.1, -0.05) is 0 Å². The van der Waals surface area contributed by atoms with Crippen LogP contribution in [0, 0.1) is 0 Å². The van der Waals surface area contributed by atoms with Gasteiger partial charge in [0, 0.05) is 26.2 Å². The summed E-state index contributed by atoms with van der Waals surface area (Å²) >= 11 is 0. The average molecular weight is 253 g/mol. The molecular weight excluding hydrogens is 230 g/mol. The fourth-order valence-corrected chi connectivity index (χ4v) is 1.80. The van der Waals surface area contributed by atoms with Crippen molar-refractivity contribution in [3.05, 3.63) is 6.33 Å². The molecule has 1 unspecified atom stereocenters. The number of aromatic nitrogens is 2. The molecule has 1 heterocycles. The lowest BCUT2D eigenvalue weighted by atomic mass is 10.3. The summed E-state index contributed by atoms with van der Waals surface area (Å²) in [5, 5.41) is 3.23. The van der Waals surface area contributed by atoms with Crippen molar-refractivity contribution in [3.63, 3.8) is 0 Å². The Bertz CT molecular complexity index is 367. The van der Waals surface area contributed by atoms with E-state index in [4.69, 9.17) is 10.5 Å². The Kier molecular flexibility index (Phi) is 5.64. The summed E-state index contributed by atoms with van der Waals surface area (Å²) in [5.74, 6) is 1.44. The molecule has 0 bridgehead atoms. The van der Waals surface area contributed by atoms with Gasteiger partial charge in [0.25, 0.3) is 0 Å². The van der Waals surface area contributed by atoms with Crippen LogP contribution in [0.5, 0.6) is 0 Å². The van der Waals surface area contributed by atoms with E-state index < -0.39 is 0 Å². The van der Waals surface area contributed by atoms with Gasteiger partial charge in [0.15, 0.2) is 11.6 Å². The van der Waals surface area contributed by atoms with Gasteiger partial charge in [0.2, 0.25) is 0 Å². The van der Waals surface area contributed by atoms with E-state index in [1.807, 2.05) is 6.92 Å². The van der Waals surface area contributed by atoms with E-state index in [0.29, 0.717) is 18.1 Å². The highest BCUT2D eigenvalue weighted by Gasteiger charge is 2.13. The van der Waals surface area contributed by atoms with Gasteiger partial charge < -0.3 is 20.7 Å². The van der Waals surface area contributed by atoms with E-state index in [1.165, 1.54) is 6.33 Å². The van der Waals surface area contributed by atoms with Gasteiger partial charge in [0.1, 0.15) is 12.0 Å². The van der Waals surface area contributed by atoms with Crippen molar-refractivity contribution in [2.45, 2.75) is 26.8 Å². The Morgan fingerprint density at radius 1 is 1.39 bits per heavy atom. The summed E-state index contributed by atoms with van der Waals surface area (Å²) in [5.41, 5.74) is 6.70.